The summed E-state index contributed by atoms with van der Waals surface area (Å²) in [5.74, 6) is 0.925. The summed E-state index contributed by atoms with van der Waals surface area (Å²) in [4.78, 5) is 0. The summed E-state index contributed by atoms with van der Waals surface area (Å²) in [5, 5.41) is 7.93. The average Bonchev–Trinajstić information content (AvgIpc) is 2.83. The summed E-state index contributed by atoms with van der Waals surface area (Å²) < 4.78 is 7.58. The van der Waals surface area contributed by atoms with Crippen molar-refractivity contribution in [3.63, 3.8) is 0 Å². The summed E-state index contributed by atoms with van der Waals surface area (Å²) in [6, 6.07) is 4.54. The first kappa shape index (κ1) is 15.5. The summed E-state index contributed by atoms with van der Waals surface area (Å²) in [6.07, 6.45) is 3.75. The predicted molar refractivity (Wildman–Crippen MR) is 83.2 cm³/mol. The smallest absolute Gasteiger partial charge is 0.134 e. The van der Waals surface area contributed by atoms with Crippen LogP contribution in [0.3, 0.4) is 0 Å². The molecule has 0 aliphatic heterocycles. The van der Waals surface area contributed by atoms with Crippen molar-refractivity contribution in [2.45, 2.75) is 46.3 Å². The molecule has 0 aliphatic rings. The third-order valence-corrected chi connectivity index (χ3v) is 3.56. The molecule has 1 heterocycles. The van der Waals surface area contributed by atoms with Crippen LogP contribution in [0, 0.1) is 13.8 Å². The molecule has 1 unspecified atom stereocenters. The molecule has 1 atom stereocenters. The van der Waals surface area contributed by atoms with E-state index in [9.17, 15) is 0 Å². The first-order valence-corrected chi connectivity index (χ1v) is 7.33. The van der Waals surface area contributed by atoms with Crippen molar-refractivity contribution < 1.29 is 4.74 Å². The molecule has 2 aromatic rings. The van der Waals surface area contributed by atoms with Gasteiger partial charge in [0.2, 0.25) is 0 Å². The summed E-state index contributed by atoms with van der Waals surface area (Å²) in [6.45, 7) is 6.69. The van der Waals surface area contributed by atoms with E-state index in [1.165, 1.54) is 5.56 Å². The lowest BCUT2D eigenvalue weighted by Crippen LogP contribution is -2.21. The highest BCUT2D eigenvalue weighted by Gasteiger charge is 2.10. The summed E-state index contributed by atoms with van der Waals surface area (Å²) in [5.41, 5.74) is 10.4. The van der Waals surface area contributed by atoms with E-state index in [2.05, 4.69) is 43.2 Å². The molecule has 0 saturated heterocycles. The number of benzene rings is 1. The third kappa shape index (κ3) is 4.04. The van der Waals surface area contributed by atoms with Gasteiger partial charge in [-0.1, -0.05) is 24.3 Å². The number of rotatable bonds is 6. The molecule has 1 aromatic carbocycles. The van der Waals surface area contributed by atoms with Crippen LogP contribution >= 0.6 is 0 Å². The fourth-order valence-corrected chi connectivity index (χ4v) is 2.44. The second-order valence-electron chi connectivity index (χ2n) is 5.60. The normalized spacial score (nSPS) is 12.4. The Hall–Kier alpha value is -1.88. The molecular weight excluding hydrogens is 264 g/mol. The number of aromatic nitrogens is 3. The first-order valence-electron chi connectivity index (χ1n) is 7.33. The van der Waals surface area contributed by atoms with Crippen molar-refractivity contribution in [2.75, 3.05) is 0 Å². The first-order chi connectivity index (χ1) is 9.99. The standard InChI is InChI=1S/C16H24N4O/c1-5-14(17)8-13-6-11(2)16(12(3)7-13)21-10-15-9-20(4)19-18-15/h6-7,9,14H,5,8,10,17H2,1-4H3. The topological polar surface area (TPSA) is 66.0 Å². The molecule has 2 rings (SSSR count). The fourth-order valence-electron chi connectivity index (χ4n) is 2.44. The van der Waals surface area contributed by atoms with Crippen molar-refractivity contribution in [1.82, 2.24) is 15.0 Å². The highest BCUT2D eigenvalue weighted by molar-refractivity contribution is 5.43. The van der Waals surface area contributed by atoms with Crippen LogP contribution in [0.5, 0.6) is 5.75 Å². The maximum atomic E-state index is 6.03. The molecule has 5 nitrogen and oxygen atoms in total. The third-order valence-electron chi connectivity index (χ3n) is 3.56. The Morgan fingerprint density at radius 3 is 2.48 bits per heavy atom. The van der Waals surface area contributed by atoms with Gasteiger partial charge in [0.1, 0.15) is 18.1 Å². The van der Waals surface area contributed by atoms with E-state index in [-0.39, 0.29) is 6.04 Å². The lowest BCUT2D eigenvalue weighted by Gasteiger charge is -2.15. The Balaban J connectivity index is 2.09. The van der Waals surface area contributed by atoms with Crippen molar-refractivity contribution in [2.24, 2.45) is 12.8 Å². The number of nitrogens with two attached hydrogens (primary N) is 1. The number of aryl methyl sites for hydroxylation is 3. The van der Waals surface area contributed by atoms with Crippen LogP contribution in [0.25, 0.3) is 0 Å². The van der Waals surface area contributed by atoms with E-state index < -0.39 is 0 Å². The predicted octanol–water partition coefficient (Wildman–Crippen LogP) is 2.29. The minimum Gasteiger partial charge on any atom is -0.487 e. The zero-order valence-corrected chi connectivity index (χ0v) is 13.3. The second-order valence-corrected chi connectivity index (χ2v) is 5.60. The Morgan fingerprint density at radius 1 is 1.29 bits per heavy atom. The van der Waals surface area contributed by atoms with E-state index >= 15 is 0 Å². The highest BCUT2D eigenvalue weighted by Crippen LogP contribution is 2.26. The van der Waals surface area contributed by atoms with Gasteiger partial charge >= 0.3 is 0 Å². The average molecular weight is 288 g/mol. The van der Waals surface area contributed by atoms with Crippen LogP contribution in [0.2, 0.25) is 0 Å². The Morgan fingerprint density at radius 2 is 1.95 bits per heavy atom. The molecule has 1 aromatic heterocycles. The van der Waals surface area contributed by atoms with Gasteiger partial charge in [0.15, 0.2) is 0 Å². The largest absolute Gasteiger partial charge is 0.487 e. The molecule has 0 aliphatic carbocycles. The van der Waals surface area contributed by atoms with E-state index in [1.807, 2.05) is 13.2 Å². The van der Waals surface area contributed by atoms with E-state index in [1.54, 1.807) is 4.68 Å². The number of nitrogens with zero attached hydrogens (tertiary/aromatic N) is 3. The highest BCUT2D eigenvalue weighted by atomic mass is 16.5. The fraction of sp³-hybridized carbons (Fsp3) is 0.500. The molecule has 21 heavy (non-hydrogen) atoms. The molecule has 114 valence electrons. The van der Waals surface area contributed by atoms with Crippen LogP contribution in [0.4, 0.5) is 0 Å². The molecule has 0 saturated carbocycles. The van der Waals surface area contributed by atoms with Crippen LogP contribution in [0.15, 0.2) is 18.3 Å². The van der Waals surface area contributed by atoms with Gasteiger partial charge in [-0.2, -0.15) is 0 Å². The van der Waals surface area contributed by atoms with Crippen molar-refractivity contribution in [3.8, 4) is 5.75 Å². The molecule has 2 N–H and O–H groups in total. The van der Waals surface area contributed by atoms with E-state index in [0.29, 0.717) is 6.61 Å². The molecule has 0 bridgehead atoms. The van der Waals surface area contributed by atoms with Gasteiger partial charge in [-0.15, -0.1) is 5.10 Å². The van der Waals surface area contributed by atoms with Crippen LogP contribution in [-0.4, -0.2) is 21.0 Å². The van der Waals surface area contributed by atoms with Crippen molar-refractivity contribution >= 4 is 0 Å². The molecular formula is C16H24N4O. The lowest BCUT2D eigenvalue weighted by molar-refractivity contribution is 0.297. The number of hydrogen-bond acceptors (Lipinski definition) is 4. The van der Waals surface area contributed by atoms with Gasteiger partial charge in [0, 0.05) is 13.1 Å². The molecule has 0 spiro atoms. The number of ether oxygens (including phenoxy) is 1. The monoisotopic (exact) mass is 288 g/mol. The summed E-state index contributed by atoms with van der Waals surface area (Å²) in [7, 11) is 1.85. The summed E-state index contributed by atoms with van der Waals surface area (Å²) >= 11 is 0. The van der Waals surface area contributed by atoms with E-state index in [0.717, 1.165) is 35.4 Å². The van der Waals surface area contributed by atoms with Crippen LogP contribution in [-0.2, 0) is 20.1 Å². The number of hydrogen-bond donors (Lipinski definition) is 1. The lowest BCUT2D eigenvalue weighted by atomic mass is 9.99. The maximum Gasteiger partial charge on any atom is 0.134 e. The molecule has 0 amide bonds. The van der Waals surface area contributed by atoms with Gasteiger partial charge in [-0.3, -0.25) is 4.68 Å². The van der Waals surface area contributed by atoms with E-state index in [4.69, 9.17) is 10.5 Å². The van der Waals surface area contributed by atoms with Gasteiger partial charge in [-0.25, -0.2) is 0 Å². The Labute approximate surface area is 126 Å². The van der Waals surface area contributed by atoms with Crippen molar-refractivity contribution in [3.05, 3.63) is 40.7 Å². The molecule has 0 radical (unpaired) electrons. The quantitative estimate of drug-likeness (QED) is 0.885. The van der Waals surface area contributed by atoms with Crippen LogP contribution in [0.1, 0.15) is 35.7 Å². The van der Waals surface area contributed by atoms with Gasteiger partial charge in [0.05, 0.1) is 6.20 Å². The minimum atomic E-state index is 0.218. The zero-order chi connectivity index (χ0) is 15.4. The Kier molecular flexibility index (Phi) is 4.96. The Bertz CT molecular complexity index is 583. The molecule has 0 fully saturated rings. The molecule has 5 heteroatoms. The zero-order valence-electron chi connectivity index (χ0n) is 13.3. The maximum absolute atomic E-state index is 6.03. The second kappa shape index (κ2) is 6.72. The van der Waals surface area contributed by atoms with Crippen molar-refractivity contribution in [1.29, 1.82) is 0 Å². The minimum absolute atomic E-state index is 0.218. The van der Waals surface area contributed by atoms with Gasteiger partial charge in [-0.05, 0) is 43.4 Å². The van der Waals surface area contributed by atoms with Gasteiger partial charge in [0.25, 0.3) is 0 Å². The van der Waals surface area contributed by atoms with Gasteiger partial charge < -0.3 is 10.5 Å². The SMILES string of the molecule is CCC(N)Cc1cc(C)c(OCc2cn(C)nn2)c(C)c1. The van der Waals surface area contributed by atoms with Crippen LogP contribution < -0.4 is 10.5 Å².